The first kappa shape index (κ1) is 16.9. The molecule has 2 N–H and O–H groups in total. The second-order valence-corrected chi connectivity index (χ2v) is 6.52. The Kier molecular flexibility index (Phi) is 4.30. The Labute approximate surface area is 153 Å². The lowest BCUT2D eigenvalue weighted by atomic mass is 9.96. The quantitative estimate of drug-likeness (QED) is 0.712. The molecule has 1 aliphatic rings. The summed E-state index contributed by atoms with van der Waals surface area (Å²) in [5.41, 5.74) is 2.94. The summed E-state index contributed by atoms with van der Waals surface area (Å²) in [5, 5.41) is 7.08. The molecule has 0 bridgehead atoms. The zero-order valence-electron chi connectivity index (χ0n) is 13.6. The molecule has 4 nitrogen and oxygen atoms in total. The number of carbonyl (C=O) groups is 1. The van der Waals surface area contributed by atoms with E-state index in [0.29, 0.717) is 34.5 Å². The fraction of sp³-hybridized carbons (Fsp3) is 0.158. The molecular formula is C19H14ClF2N3O. The van der Waals surface area contributed by atoms with E-state index in [2.05, 4.69) is 15.6 Å². The number of rotatable bonds is 2. The van der Waals surface area contributed by atoms with Gasteiger partial charge in [0.25, 0.3) is 5.91 Å². The summed E-state index contributed by atoms with van der Waals surface area (Å²) >= 11 is 6.07. The van der Waals surface area contributed by atoms with Crippen molar-refractivity contribution in [2.75, 3.05) is 11.9 Å². The number of benzene rings is 2. The lowest BCUT2D eigenvalue weighted by Crippen LogP contribution is -2.28. The van der Waals surface area contributed by atoms with Gasteiger partial charge in [-0.05, 0) is 24.3 Å². The second-order valence-electron chi connectivity index (χ2n) is 6.08. The van der Waals surface area contributed by atoms with Crippen molar-refractivity contribution in [2.45, 2.75) is 13.0 Å². The third-order valence-electron chi connectivity index (χ3n) is 4.38. The Morgan fingerprint density at radius 1 is 1.15 bits per heavy atom. The lowest BCUT2D eigenvalue weighted by molar-refractivity contribution is 0.102. The molecular weight excluding hydrogens is 360 g/mol. The fourth-order valence-corrected chi connectivity index (χ4v) is 3.34. The summed E-state index contributed by atoms with van der Waals surface area (Å²) in [6, 6.07) is 8.42. The summed E-state index contributed by atoms with van der Waals surface area (Å²) in [5.74, 6) is -2.38. The van der Waals surface area contributed by atoms with E-state index in [0.717, 1.165) is 29.9 Å². The van der Waals surface area contributed by atoms with E-state index in [1.807, 2.05) is 0 Å². The minimum absolute atomic E-state index is 0.186. The standard InChI is InChI=1S/C19H14ClF2N3O/c20-10-1-3-12-17(7-10)25-16-5-6-23-9-13(16)18(12)19(26)24-11-2-4-14(21)15(22)8-11/h1-4,7-8,23H,5-6,9H2,(H,24,26). The van der Waals surface area contributed by atoms with E-state index in [4.69, 9.17) is 11.6 Å². The van der Waals surface area contributed by atoms with Crippen molar-refractivity contribution in [3.8, 4) is 0 Å². The van der Waals surface area contributed by atoms with Gasteiger partial charge in [-0.25, -0.2) is 8.78 Å². The first-order valence-electron chi connectivity index (χ1n) is 8.11. The molecule has 26 heavy (non-hydrogen) atoms. The molecule has 0 atom stereocenters. The molecule has 4 rings (SSSR count). The van der Waals surface area contributed by atoms with Crippen molar-refractivity contribution in [1.29, 1.82) is 0 Å². The molecule has 0 spiro atoms. The third-order valence-corrected chi connectivity index (χ3v) is 4.61. The molecule has 1 aliphatic heterocycles. The maximum absolute atomic E-state index is 13.4. The van der Waals surface area contributed by atoms with Gasteiger partial charge in [0.05, 0.1) is 11.1 Å². The Morgan fingerprint density at radius 3 is 2.81 bits per heavy atom. The van der Waals surface area contributed by atoms with E-state index in [-0.39, 0.29) is 5.69 Å². The number of halogens is 3. The summed E-state index contributed by atoms with van der Waals surface area (Å²) in [7, 11) is 0. The molecule has 0 saturated heterocycles. The van der Waals surface area contributed by atoms with E-state index in [9.17, 15) is 13.6 Å². The molecule has 0 fully saturated rings. The van der Waals surface area contributed by atoms with Gasteiger partial charge in [0.1, 0.15) is 0 Å². The maximum atomic E-state index is 13.4. The largest absolute Gasteiger partial charge is 0.322 e. The summed E-state index contributed by atoms with van der Waals surface area (Å²) < 4.78 is 26.6. The molecule has 7 heteroatoms. The van der Waals surface area contributed by atoms with Crippen LogP contribution in [-0.4, -0.2) is 17.4 Å². The fourth-order valence-electron chi connectivity index (χ4n) is 3.17. The van der Waals surface area contributed by atoms with Crippen LogP contribution < -0.4 is 10.6 Å². The van der Waals surface area contributed by atoms with Crippen LogP contribution in [-0.2, 0) is 13.0 Å². The molecule has 3 aromatic rings. The van der Waals surface area contributed by atoms with E-state index in [1.165, 1.54) is 6.07 Å². The SMILES string of the molecule is O=C(Nc1ccc(F)c(F)c1)c1c2c(nc3cc(Cl)ccc13)CCNC2. The van der Waals surface area contributed by atoms with Crippen LogP contribution in [0.4, 0.5) is 14.5 Å². The number of anilines is 1. The molecule has 0 saturated carbocycles. The predicted molar refractivity (Wildman–Crippen MR) is 96.5 cm³/mol. The van der Waals surface area contributed by atoms with Gasteiger partial charge in [-0.2, -0.15) is 0 Å². The number of carbonyl (C=O) groups excluding carboxylic acids is 1. The number of amides is 1. The van der Waals surface area contributed by atoms with Crippen LogP contribution in [0.1, 0.15) is 21.6 Å². The second kappa shape index (κ2) is 6.63. The smallest absolute Gasteiger partial charge is 0.256 e. The first-order valence-corrected chi connectivity index (χ1v) is 8.49. The number of fused-ring (bicyclic) bond motifs is 2. The van der Waals surface area contributed by atoms with Crippen LogP contribution in [0.3, 0.4) is 0 Å². The van der Waals surface area contributed by atoms with Crippen molar-refractivity contribution < 1.29 is 13.6 Å². The van der Waals surface area contributed by atoms with Crippen molar-refractivity contribution in [1.82, 2.24) is 10.3 Å². The highest BCUT2D eigenvalue weighted by Crippen LogP contribution is 2.28. The molecule has 2 aromatic carbocycles. The maximum Gasteiger partial charge on any atom is 0.256 e. The van der Waals surface area contributed by atoms with Crippen molar-refractivity contribution >= 4 is 34.1 Å². The van der Waals surface area contributed by atoms with Crippen LogP contribution in [0.15, 0.2) is 36.4 Å². The normalized spacial score (nSPS) is 13.5. The van der Waals surface area contributed by atoms with Gasteiger partial charge in [0.15, 0.2) is 11.6 Å². The van der Waals surface area contributed by atoms with Gasteiger partial charge in [-0.1, -0.05) is 17.7 Å². The molecule has 0 unspecified atom stereocenters. The van der Waals surface area contributed by atoms with Gasteiger partial charge in [0, 0.05) is 52.9 Å². The molecule has 0 radical (unpaired) electrons. The molecule has 1 aromatic heterocycles. The Hall–Kier alpha value is -2.57. The number of hydrogen-bond donors (Lipinski definition) is 2. The number of aromatic nitrogens is 1. The van der Waals surface area contributed by atoms with Crippen LogP contribution >= 0.6 is 11.6 Å². The van der Waals surface area contributed by atoms with E-state index >= 15 is 0 Å². The molecule has 0 aliphatic carbocycles. The highest BCUT2D eigenvalue weighted by atomic mass is 35.5. The highest BCUT2D eigenvalue weighted by Gasteiger charge is 2.23. The number of hydrogen-bond acceptors (Lipinski definition) is 3. The summed E-state index contributed by atoms with van der Waals surface area (Å²) in [6.45, 7) is 1.29. The van der Waals surface area contributed by atoms with Crippen LogP contribution in [0.5, 0.6) is 0 Å². The molecule has 2 heterocycles. The average molecular weight is 374 g/mol. The number of nitrogens with one attached hydrogen (secondary N) is 2. The van der Waals surface area contributed by atoms with Gasteiger partial charge in [-0.15, -0.1) is 0 Å². The number of nitrogens with zero attached hydrogens (tertiary/aromatic N) is 1. The van der Waals surface area contributed by atoms with Gasteiger partial charge < -0.3 is 10.6 Å². The third kappa shape index (κ3) is 3.02. The van der Waals surface area contributed by atoms with E-state index < -0.39 is 17.5 Å². The zero-order valence-corrected chi connectivity index (χ0v) is 14.3. The molecule has 1 amide bonds. The zero-order chi connectivity index (χ0) is 18.3. The summed E-state index contributed by atoms with van der Waals surface area (Å²) in [6.07, 6.45) is 0.698. The van der Waals surface area contributed by atoms with Gasteiger partial charge >= 0.3 is 0 Å². The monoisotopic (exact) mass is 373 g/mol. The Balaban J connectivity index is 1.83. The van der Waals surface area contributed by atoms with Crippen LogP contribution in [0.25, 0.3) is 10.9 Å². The number of pyridine rings is 1. The van der Waals surface area contributed by atoms with Crippen molar-refractivity contribution in [2.24, 2.45) is 0 Å². The first-order chi connectivity index (χ1) is 12.5. The Morgan fingerprint density at radius 2 is 2.00 bits per heavy atom. The minimum Gasteiger partial charge on any atom is -0.322 e. The lowest BCUT2D eigenvalue weighted by Gasteiger charge is -2.21. The topological polar surface area (TPSA) is 54.0 Å². The van der Waals surface area contributed by atoms with Crippen molar-refractivity contribution in [3.63, 3.8) is 0 Å². The average Bonchev–Trinajstić information content (AvgIpc) is 2.62. The molecule has 132 valence electrons. The highest BCUT2D eigenvalue weighted by molar-refractivity contribution is 6.31. The van der Waals surface area contributed by atoms with Crippen LogP contribution in [0.2, 0.25) is 5.02 Å². The predicted octanol–water partition coefficient (Wildman–Crippen LogP) is 4.06. The van der Waals surface area contributed by atoms with Gasteiger partial charge in [-0.3, -0.25) is 9.78 Å². The Bertz CT molecular complexity index is 1040. The summed E-state index contributed by atoms with van der Waals surface area (Å²) in [4.78, 5) is 17.6. The minimum atomic E-state index is -1.02. The van der Waals surface area contributed by atoms with E-state index in [1.54, 1.807) is 18.2 Å². The van der Waals surface area contributed by atoms with Gasteiger partial charge in [0.2, 0.25) is 0 Å². The van der Waals surface area contributed by atoms with Crippen molar-refractivity contribution in [3.05, 3.63) is 69.9 Å². The van der Waals surface area contributed by atoms with Crippen LogP contribution in [0, 0.1) is 11.6 Å².